The van der Waals surface area contributed by atoms with Gasteiger partial charge >= 0.3 is 18.0 Å². The third kappa shape index (κ3) is 2.87. The molecule has 0 amide bonds. The first kappa shape index (κ1) is 15.2. The quantitative estimate of drug-likeness (QED) is 0.435. The SMILES string of the molecule is C=C(CC(F)(F)C(F)(F)C(F)(F)F)C(=O)Cl. The number of allylic oxidation sites excluding steroid dienone is 1. The van der Waals surface area contributed by atoms with Crippen LogP contribution in [0.1, 0.15) is 6.42 Å². The maximum atomic E-state index is 12.6. The topological polar surface area (TPSA) is 17.1 Å². The summed E-state index contributed by atoms with van der Waals surface area (Å²) in [6, 6.07) is 0. The molecule has 0 atom stereocenters. The molecule has 0 bridgehead atoms. The summed E-state index contributed by atoms with van der Waals surface area (Å²) in [7, 11) is 0. The van der Waals surface area contributed by atoms with Crippen molar-refractivity contribution in [2.75, 3.05) is 0 Å². The Kier molecular flexibility index (Phi) is 4.02. The monoisotopic (exact) mass is 272 g/mol. The molecule has 0 heterocycles. The minimum absolute atomic E-state index is 1.23. The highest BCUT2D eigenvalue weighted by atomic mass is 35.5. The van der Waals surface area contributed by atoms with Crippen molar-refractivity contribution in [3.63, 3.8) is 0 Å². The van der Waals surface area contributed by atoms with Crippen molar-refractivity contribution in [3.8, 4) is 0 Å². The van der Waals surface area contributed by atoms with Crippen molar-refractivity contribution in [2.24, 2.45) is 0 Å². The summed E-state index contributed by atoms with van der Waals surface area (Å²) in [4.78, 5) is 10.2. The Morgan fingerprint density at radius 3 is 1.69 bits per heavy atom. The fourth-order valence-corrected chi connectivity index (χ4v) is 0.723. The molecular weight excluding hydrogens is 269 g/mol. The number of hydrogen-bond acceptors (Lipinski definition) is 1. The van der Waals surface area contributed by atoms with Gasteiger partial charge in [0.25, 0.3) is 0 Å². The molecule has 0 aromatic heterocycles. The zero-order chi connectivity index (χ0) is 13.4. The number of rotatable bonds is 4. The molecule has 0 aliphatic heterocycles. The van der Waals surface area contributed by atoms with Crippen LogP contribution in [-0.2, 0) is 4.79 Å². The minimum atomic E-state index is -6.42. The standard InChI is InChI=1S/C7H4ClF7O/c1-3(4(8)16)2-5(9,10)6(11,12)7(13,14)15/h1-2H2. The normalized spacial score (nSPS) is 13.8. The van der Waals surface area contributed by atoms with Crippen LogP contribution in [0.3, 0.4) is 0 Å². The van der Waals surface area contributed by atoms with Crippen LogP contribution < -0.4 is 0 Å². The highest BCUT2D eigenvalue weighted by Gasteiger charge is 2.72. The van der Waals surface area contributed by atoms with Gasteiger partial charge in [-0.2, -0.15) is 30.7 Å². The van der Waals surface area contributed by atoms with Gasteiger partial charge in [0.15, 0.2) is 0 Å². The number of alkyl halides is 7. The molecule has 0 radical (unpaired) electrons. The van der Waals surface area contributed by atoms with Gasteiger partial charge in [-0.25, -0.2) is 0 Å². The van der Waals surface area contributed by atoms with Gasteiger partial charge in [-0.15, -0.1) is 0 Å². The Morgan fingerprint density at radius 1 is 1.06 bits per heavy atom. The summed E-state index contributed by atoms with van der Waals surface area (Å²) >= 11 is 4.60. The molecule has 0 aromatic carbocycles. The van der Waals surface area contributed by atoms with Crippen LogP contribution in [-0.4, -0.2) is 23.3 Å². The van der Waals surface area contributed by atoms with E-state index in [4.69, 9.17) is 0 Å². The molecule has 0 unspecified atom stereocenters. The molecule has 94 valence electrons. The fraction of sp³-hybridized carbons (Fsp3) is 0.571. The first-order chi connectivity index (χ1) is 6.83. The van der Waals surface area contributed by atoms with E-state index < -0.39 is 35.3 Å². The lowest BCUT2D eigenvalue weighted by Crippen LogP contribution is -2.52. The molecule has 0 rings (SSSR count). The molecule has 16 heavy (non-hydrogen) atoms. The molecule has 0 saturated heterocycles. The molecule has 0 N–H and O–H groups in total. The van der Waals surface area contributed by atoms with Crippen LogP contribution >= 0.6 is 11.6 Å². The van der Waals surface area contributed by atoms with Gasteiger partial charge in [-0.3, -0.25) is 4.79 Å². The number of carbonyl (C=O) groups excluding carboxylic acids is 1. The van der Waals surface area contributed by atoms with Crippen LogP contribution in [0.2, 0.25) is 0 Å². The van der Waals surface area contributed by atoms with E-state index in [0.717, 1.165) is 0 Å². The highest BCUT2D eigenvalue weighted by Crippen LogP contribution is 2.48. The summed E-state index contributed by atoms with van der Waals surface area (Å²) in [5.41, 5.74) is -1.23. The Morgan fingerprint density at radius 2 is 1.44 bits per heavy atom. The molecule has 1 nitrogen and oxygen atoms in total. The maximum Gasteiger partial charge on any atom is 0.459 e. The second kappa shape index (κ2) is 4.23. The first-order valence-corrected chi connectivity index (χ1v) is 3.90. The van der Waals surface area contributed by atoms with E-state index in [2.05, 4.69) is 18.2 Å². The molecule has 0 aliphatic carbocycles. The van der Waals surface area contributed by atoms with Gasteiger partial charge in [0, 0.05) is 12.0 Å². The van der Waals surface area contributed by atoms with Crippen molar-refractivity contribution in [1.29, 1.82) is 0 Å². The summed E-state index contributed by atoms with van der Waals surface area (Å²) in [5, 5.41) is -1.60. The largest absolute Gasteiger partial charge is 0.459 e. The van der Waals surface area contributed by atoms with Gasteiger partial charge in [-0.1, -0.05) is 6.58 Å². The molecule has 9 heteroatoms. The van der Waals surface area contributed by atoms with Gasteiger partial charge in [-0.05, 0) is 11.6 Å². The maximum absolute atomic E-state index is 12.6. The van der Waals surface area contributed by atoms with Crippen LogP contribution in [0.5, 0.6) is 0 Å². The average molecular weight is 273 g/mol. The molecule has 0 aromatic rings. The lowest BCUT2D eigenvalue weighted by molar-refractivity contribution is -0.353. The van der Waals surface area contributed by atoms with Crippen molar-refractivity contribution in [1.82, 2.24) is 0 Å². The van der Waals surface area contributed by atoms with E-state index >= 15 is 0 Å². The number of hydrogen-bond donors (Lipinski definition) is 0. The van der Waals surface area contributed by atoms with E-state index in [1.807, 2.05) is 0 Å². The molecule has 0 fully saturated rings. The summed E-state index contributed by atoms with van der Waals surface area (Å²) in [6.07, 6.45) is -8.59. The lowest BCUT2D eigenvalue weighted by Gasteiger charge is -2.28. The number of halogens is 8. The number of carbonyl (C=O) groups is 1. The first-order valence-electron chi connectivity index (χ1n) is 3.53. The van der Waals surface area contributed by atoms with Gasteiger partial charge in [0.2, 0.25) is 5.24 Å². The Hall–Kier alpha value is -0.790. The average Bonchev–Trinajstić information content (AvgIpc) is 2.00. The lowest BCUT2D eigenvalue weighted by atomic mass is 10.0. The molecule has 0 aliphatic rings. The van der Waals surface area contributed by atoms with Gasteiger partial charge < -0.3 is 0 Å². The fourth-order valence-electron chi connectivity index (χ4n) is 0.656. The van der Waals surface area contributed by atoms with Crippen molar-refractivity contribution in [3.05, 3.63) is 12.2 Å². The van der Waals surface area contributed by atoms with Gasteiger partial charge in [0.1, 0.15) is 0 Å². The third-order valence-corrected chi connectivity index (χ3v) is 1.80. The van der Waals surface area contributed by atoms with Crippen LogP contribution in [0.4, 0.5) is 30.7 Å². The van der Waals surface area contributed by atoms with E-state index in [1.54, 1.807) is 0 Å². The summed E-state index contributed by atoms with van der Waals surface area (Å²) in [5.74, 6) is -11.7. The van der Waals surface area contributed by atoms with Crippen LogP contribution in [0.15, 0.2) is 12.2 Å². The van der Waals surface area contributed by atoms with Crippen molar-refractivity contribution in [2.45, 2.75) is 24.4 Å². The predicted octanol–water partition coefficient (Wildman–Crippen LogP) is 3.53. The van der Waals surface area contributed by atoms with Crippen molar-refractivity contribution < 1.29 is 35.5 Å². The summed E-state index contributed by atoms with van der Waals surface area (Å²) < 4.78 is 84.5. The highest BCUT2D eigenvalue weighted by molar-refractivity contribution is 6.67. The molecule has 0 saturated carbocycles. The second-order valence-corrected chi connectivity index (χ2v) is 3.17. The smallest absolute Gasteiger partial charge is 0.276 e. The van der Waals surface area contributed by atoms with E-state index in [0.29, 0.717) is 0 Å². The zero-order valence-corrected chi connectivity index (χ0v) is 8.10. The van der Waals surface area contributed by atoms with E-state index in [9.17, 15) is 35.5 Å². The van der Waals surface area contributed by atoms with Crippen LogP contribution in [0, 0.1) is 0 Å². The van der Waals surface area contributed by atoms with E-state index in [-0.39, 0.29) is 0 Å². The van der Waals surface area contributed by atoms with E-state index in [1.165, 1.54) is 0 Å². The second-order valence-electron chi connectivity index (χ2n) is 2.83. The molecular formula is C7H4ClF7O. The Bertz CT molecular complexity index is 306. The third-order valence-electron chi connectivity index (χ3n) is 1.53. The Balaban J connectivity index is 5.06. The zero-order valence-electron chi connectivity index (χ0n) is 7.35. The van der Waals surface area contributed by atoms with Crippen molar-refractivity contribution >= 4 is 16.8 Å². The Labute approximate surface area is 89.9 Å². The predicted molar refractivity (Wildman–Crippen MR) is 40.6 cm³/mol. The van der Waals surface area contributed by atoms with Gasteiger partial charge in [0.05, 0.1) is 0 Å². The molecule has 0 spiro atoms. The van der Waals surface area contributed by atoms with Crippen LogP contribution in [0.25, 0.3) is 0 Å². The minimum Gasteiger partial charge on any atom is -0.276 e. The summed E-state index contributed by atoms with van der Waals surface area (Å²) in [6.45, 7) is 2.57.